The zero-order chi connectivity index (χ0) is 24.6. The molecular formula is C29H29FN4O2. The van der Waals surface area contributed by atoms with Crippen molar-refractivity contribution in [1.82, 2.24) is 15.1 Å². The summed E-state index contributed by atoms with van der Waals surface area (Å²) >= 11 is 0. The molecule has 1 amide bonds. The number of fused-ring (bicyclic) bond motifs is 1. The standard InChI is InChI=1S/C29H29FN4O2/c1-36-25-11-4-20(5-12-25)17-31-26-16-29(35)33(28(26)14-19-2-3-19)24-10-13-27-21(15-24)18-32-34(27)23-8-6-22(30)7-9-23/h4-13,15,18-19,26,28,31H,2-3,14,16-17H2,1H3/t26-,28-/m1/s1. The summed E-state index contributed by atoms with van der Waals surface area (Å²) in [5.74, 6) is 1.41. The highest BCUT2D eigenvalue weighted by Crippen LogP contribution is 2.40. The average Bonchev–Trinajstić information content (AvgIpc) is 3.54. The predicted molar refractivity (Wildman–Crippen MR) is 138 cm³/mol. The zero-order valence-corrected chi connectivity index (χ0v) is 20.2. The van der Waals surface area contributed by atoms with E-state index in [1.165, 1.54) is 30.5 Å². The minimum absolute atomic E-state index is 0.0952. The van der Waals surface area contributed by atoms with Gasteiger partial charge in [-0.3, -0.25) is 4.79 Å². The van der Waals surface area contributed by atoms with Gasteiger partial charge in [-0.2, -0.15) is 5.10 Å². The molecule has 0 radical (unpaired) electrons. The van der Waals surface area contributed by atoms with Gasteiger partial charge in [0.15, 0.2) is 0 Å². The monoisotopic (exact) mass is 484 g/mol. The maximum atomic E-state index is 13.4. The highest BCUT2D eigenvalue weighted by molar-refractivity contribution is 5.99. The Morgan fingerprint density at radius 1 is 1.03 bits per heavy atom. The summed E-state index contributed by atoms with van der Waals surface area (Å²) in [6.07, 6.45) is 5.79. The van der Waals surface area contributed by atoms with Crippen LogP contribution >= 0.6 is 0 Å². The minimum Gasteiger partial charge on any atom is -0.497 e. The molecule has 3 aromatic carbocycles. The van der Waals surface area contributed by atoms with Gasteiger partial charge in [-0.15, -0.1) is 0 Å². The van der Waals surface area contributed by atoms with E-state index in [0.717, 1.165) is 34.4 Å². The number of hydrogen-bond acceptors (Lipinski definition) is 4. The van der Waals surface area contributed by atoms with Crippen molar-refractivity contribution < 1.29 is 13.9 Å². The zero-order valence-electron chi connectivity index (χ0n) is 20.2. The Hall–Kier alpha value is -3.71. The second kappa shape index (κ2) is 9.39. The molecule has 36 heavy (non-hydrogen) atoms. The first-order valence-corrected chi connectivity index (χ1v) is 12.5. The van der Waals surface area contributed by atoms with Crippen LogP contribution in [0.15, 0.2) is 72.9 Å². The van der Waals surface area contributed by atoms with Crippen molar-refractivity contribution in [3.05, 3.63) is 84.3 Å². The van der Waals surface area contributed by atoms with Gasteiger partial charge in [0.25, 0.3) is 0 Å². The number of hydrogen-bond donors (Lipinski definition) is 1. The number of benzene rings is 3. The molecule has 1 aliphatic heterocycles. The number of anilines is 1. The van der Waals surface area contributed by atoms with Crippen LogP contribution in [0.3, 0.4) is 0 Å². The molecule has 2 aliphatic rings. The average molecular weight is 485 g/mol. The molecule has 0 unspecified atom stereocenters. The summed E-state index contributed by atoms with van der Waals surface area (Å²) in [5, 5.41) is 9.13. The fraction of sp³-hybridized carbons (Fsp3) is 0.310. The van der Waals surface area contributed by atoms with Crippen LogP contribution in [-0.2, 0) is 11.3 Å². The Labute approximate surface area is 209 Å². The number of amides is 1. The highest BCUT2D eigenvalue weighted by atomic mass is 19.1. The molecular weight excluding hydrogens is 455 g/mol. The molecule has 1 saturated carbocycles. The number of nitrogens with one attached hydrogen (secondary N) is 1. The van der Waals surface area contributed by atoms with Gasteiger partial charge >= 0.3 is 0 Å². The molecule has 1 N–H and O–H groups in total. The first-order valence-electron chi connectivity index (χ1n) is 12.5. The van der Waals surface area contributed by atoms with E-state index in [1.807, 2.05) is 35.2 Å². The number of aromatic nitrogens is 2. The summed E-state index contributed by atoms with van der Waals surface area (Å²) in [5.41, 5.74) is 3.79. The molecule has 2 heterocycles. The van der Waals surface area contributed by atoms with Gasteiger partial charge < -0.3 is 15.0 Å². The number of carbonyl (C=O) groups excluding carboxylic acids is 1. The smallest absolute Gasteiger partial charge is 0.228 e. The normalized spacial score (nSPS) is 19.8. The number of halogens is 1. The summed E-state index contributed by atoms with van der Waals surface area (Å²) < 4.78 is 20.4. The number of methoxy groups -OCH3 is 1. The molecule has 1 saturated heterocycles. The van der Waals surface area contributed by atoms with Crippen molar-refractivity contribution >= 4 is 22.5 Å². The lowest BCUT2D eigenvalue weighted by atomic mass is 10.0. The van der Waals surface area contributed by atoms with Crippen molar-refractivity contribution in [2.45, 2.75) is 44.3 Å². The van der Waals surface area contributed by atoms with Gasteiger partial charge in [0.1, 0.15) is 11.6 Å². The van der Waals surface area contributed by atoms with Gasteiger partial charge in [-0.1, -0.05) is 25.0 Å². The lowest BCUT2D eigenvalue weighted by molar-refractivity contribution is -0.117. The number of rotatable bonds is 8. The van der Waals surface area contributed by atoms with Crippen LogP contribution in [0.4, 0.5) is 10.1 Å². The van der Waals surface area contributed by atoms with Crippen LogP contribution in [0, 0.1) is 11.7 Å². The Morgan fingerprint density at radius 3 is 2.50 bits per heavy atom. The molecule has 184 valence electrons. The van der Waals surface area contributed by atoms with Crippen molar-refractivity contribution in [3.63, 3.8) is 0 Å². The van der Waals surface area contributed by atoms with Crippen molar-refractivity contribution in [2.24, 2.45) is 5.92 Å². The van der Waals surface area contributed by atoms with E-state index in [4.69, 9.17) is 4.74 Å². The molecule has 0 bridgehead atoms. The van der Waals surface area contributed by atoms with E-state index in [9.17, 15) is 9.18 Å². The Kier molecular flexibility index (Phi) is 5.93. The molecule has 2 atom stereocenters. The lowest BCUT2D eigenvalue weighted by Crippen LogP contribution is -2.43. The molecule has 6 rings (SSSR count). The molecule has 0 spiro atoms. The predicted octanol–water partition coefficient (Wildman–Crippen LogP) is 5.24. The van der Waals surface area contributed by atoms with Crippen LogP contribution in [0.5, 0.6) is 5.75 Å². The second-order valence-electron chi connectivity index (χ2n) is 9.83. The summed E-state index contributed by atoms with van der Waals surface area (Å²) in [7, 11) is 1.67. The maximum Gasteiger partial charge on any atom is 0.228 e. The lowest BCUT2D eigenvalue weighted by Gasteiger charge is -2.29. The molecule has 7 heteroatoms. The van der Waals surface area contributed by atoms with E-state index in [1.54, 1.807) is 30.1 Å². The first-order chi connectivity index (χ1) is 17.6. The third kappa shape index (κ3) is 4.46. The van der Waals surface area contributed by atoms with Crippen LogP contribution in [0.1, 0.15) is 31.2 Å². The van der Waals surface area contributed by atoms with Gasteiger partial charge in [-0.05, 0) is 72.5 Å². The van der Waals surface area contributed by atoms with Crippen molar-refractivity contribution in [2.75, 3.05) is 12.0 Å². The number of carbonyl (C=O) groups is 1. The third-order valence-corrected chi connectivity index (χ3v) is 7.36. The van der Waals surface area contributed by atoms with Gasteiger partial charge in [-0.25, -0.2) is 9.07 Å². The summed E-state index contributed by atoms with van der Waals surface area (Å²) in [6.45, 7) is 0.709. The molecule has 6 nitrogen and oxygen atoms in total. The van der Waals surface area contributed by atoms with E-state index in [-0.39, 0.29) is 23.8 Å². The van der Waals surface area contributed by atoms with Crippen molar-refractivity contribution in [3.8, 4) is 11.4 Å². The Morgan fingerprint density at radius 2 is 1.78 bits per heavy atom. The van der Waals surface area contributed by atoms with Gasteiger partial charge in [0, 0.05) is 30.1 Å². The topological polar surface area (TPSA) is 59.4 Å². The largest absolute Gasteiger partial charge is 0.497 e. The molecule has 1 aliphatic carbocycles. The first kappa shape index (κ1) is 22.7. The molecule has 1 aromatic heterocycles. The van der Waals surface area contributed by atoms with Crippen LogP contribution in [0.2, 0.25) is 0 Å². The fourth-order valence-electron chi connectivity index (χ4n) is 5.25. The fourth-order valence-corrected chi connectivity index (χ4v) is 5.25. The van der Waals surface area contributed by atoms with Crippen LogP contribution < -0.4 is 15.0 Å². The number of nitrogens with zero attached hydrogens (tertiary/aromatic N) is 3. The van der Waals surface area contributed by atoms with E-state index >= 15 is 0 Å². The Balaban J connectivity index is 1.25. The summed E-state index contributed by atoms with van der Waals surface area (Å²) in [4.78, 5) is 15.3. The molecule has 2 fully saturated rings. The van der Waals surface area contributed by atoms with Crippen molar-refractivity contribution in [1.29, 1.82) is 0 Å². The Bertz CT molecular complexity index is 1380. The van der Waals surface area contributed by atoms with E-state index < -0.39 is 0 Å². The van der Waals surface area contributed by atoms with Crippen LogP contribution in [-0.4, -0.2) is 34.9 Å². The van der Waals surface area contributed by atoms with Gasteiger partial charge in [0.2, 0.25) is 5.91 Å². The van der Waals surface area contributed by atoms with Crippen LogP contribution in [0.25, 0.3) is 16.6 Å². The van der Waals surface area contributed by atoms with Gasteiger partial charge in [0.05, 0.1) is 30.6 Å². The molecule has 4 aromatic rings. The summed E-state index contributed by atoms with van der Waals surface area (Å²) in [6, 6.07) is 20.6. The number of ether oxygens (including phenoxy) is 1. The minimum atomic E-state index is -0.276. The highest BCUT2D eigenvalue weighted by Gasteiger charge is 2.43. The quantitative estimate of drug-likeness (QED) is 0.372. The second-order valence-corrected chi connectivity index (χ2v) is 9.83. The third-order valence-electron chi connectivity index (χ3n) is 7.36. The van der Waals surface area contributed by atoms with E-state index in [0.29, 0.717) is 18.9 Å². The van der Waals surface area contributed by atoms with E-state index in [2.05, 4.69) is 22.5 Å². The maximum absolute atomic E-state index is 13.4. The SMILES string of the molecule is COc1ccc(CN[C@@H]2CC(=O)N(c3ccc4c(cnn4-c4ccc(F)cc4)c3)[C@@H]2CC2CC2)cc1.